The van der Waals surface area contributed by atoms with E-state index in [0.717, 1.165) is 42.9 Å². The van der Waals surface area contributed by atoms with Crippen molar-refractivity contribution in [3.05, 3.63) is 57.7 Å². The first-order chi connectivity index (χ1) is 12.6. The van der Waals surface area contributed by atoms with Crippen LogP contribution in [0.5, 0.6) is 0 Å². The Labute approximate surface area is 162 Å². The van der Waals surface area contributed by atoms with Crippen LogP contribution < -0.4 is 10.2 Å². The van der Waals surface area contributed by atoms with E-state index in [1.165, 1.54) is 0 Å². The highest BCUT2D eigenvalue weighted by molar-refractivity contribution is 6.42. The molecule has 5 nitrogen and oxygen atoms in total. The summed E-state index contributed by atoms with van der Waals surface area (Å²) in [6, 6.07) is 9.65. The number of carbonyl (C=O) groups is 1. The van der Waals surface area contributed by atoms with Gasteiger partial charge in [0.05, 0.1) is 16.1 Å². The number of rotatable bonds is 2. The number of fused-ring (bicyclic) bond motifs is 1. The number of hydrogen-bond donors (Lipinski definition) is 1. The largest absolute Gasteiger partial charge is 0.353 e. The monoisotopic (exact) mass is 390 g/mol. The second kappa shape index (κ2) is 7.33. The van der Waals surface area contributed by atoms with Crippen LogP contribution in [0.15, 0.2) is 36.5 Å². The summed E-state index contributed by atoms with van der Waals surface area (Å²) < 4.78 is 0. The Bertz CT molecular complexity index is 807. The zero-order valence-corrected chi connectivity index (χ0v) is 15.8. The van der Waals surface area contributed by atoms with Crippen molar-refractivity contribution in [1.29, 1.82) is 0 Å². The highest BCUT2D eigenvalue weighted by Crippen LogP contribution is 2.39. The number of nitrogens with zero attached hydrogens (tertiary/aromatic N) is 3. The summed E-state index contributed by atoms with van der Waals surface area (Å²) in [5.74, 6) is 0.962. The summed E-state index contributed by atoms with van der Waals surface area (Å²) in [6.07, 6.45) is 3.49. The normalized spacial score (nSPS) is 19.4. The fourth-order valence-corrected chi connectivity index (χ4v) is 4.15. The van der Waals surface area contributed by atoms with Crippen LogP contribution in [0, 0.1) is 0 Å². The molecule has 1 aliphatic heterocycles. The van der Waals surface area contributed by atoms with E-state index in [-0.39, 0.29) is 12.1 Å². The zero-order chi connectivity index (χ0) is 18.1. The maximum atomic E-state index is 12.7. The number of carbonyl (C=O) groups excluding carboxylic acids is 1. The lowest BCUT2D eigenvalue weighted by Gasteiger charge is -2.36. The molecule has 2 aliphatic rings. The van der Waals surface area contributed by atoms with Crippen molar-refractivity contribution in [2.24, 2.45) is 0 Å². The molecule has 2 amide bonds. The number of pyridine rings is 1. The van der Waals surface area contributed by atoms with E-state index in [1.807, 2.05) is 29.2 Å². The van der Waals surface area contributed by atoms with Gasteiger partial charge in [-0.2, -0.15) is 0 Å². The van der Waals surface area contributed by atoms with E-state index in [4.69, 9.17) is 23.2 Å². The number of urea groups is 1. The van der Waals surface area contributed by atoms with E-state index in [1.54, 1.807) is 12.3 Å². The molecule has 0 saturated carbocycles. The van der Waals surface area contributed by atoms with Crippen molar-refractivity contribution in [2.75, 3.05) is 31.1 Å². The molecule has 1 aromatic carbocycles. The van der Waals surface area contributed by atoms with Gasteiger partial charge in [-0.15, -0.1) is 0 Å². The molecule has 2 aromatic rings. The van der Waals surface area contributed by atoms with Gasteiger partial charge in [0, 0.05) is 32.4 Å². The Kier molecular flexibility index (Phi) is 4.92. The molecular weight excluding hydrogens is 371 g/mol. The maximum Gasteiger partial charge on any atom is 0.318 e. The smallest absolute Gasteiger partial charge is 0.318 e. The molecule has 0 spiro atoms. The average molecular weight is 391 g/mol. The third kappa shape index (κ3) is 3.33. The summed E-state index contributed by atoms with van der Waals surface area (Å²) in [5, 5.41) is 4.35. The molecular formula is C19H20Cl2N4O. The van der Waals surface area contributed by atoms with Gasteiger partial charge >= 0.3 is 6.03 Å². The van der Waals surface area contributed by atoms with E-state index in [9.17, 15) is 4.79 Å². The summed E-state index contributed by atoms with van der Waals surface area (Å²) in [7, 11) is 0. The number of halogens is 2. The van der Waals surface area contributed by atoms with Gasteiger partial charge in [0.25, 0.3) is 0 Å². The number of piperazine rings is 1. The van der Waals surface area contributed by atoms with Crippen LogP contribution >= 0.6 is 23.2 Å². The van der Waals surface area contributed by atoms with Crippen LogP contribution in [0.3, 0.4) is 0 Å². The fourth-order valence-electron chi connectivity index (χ4n) is 3.70. The quantitative estimate of drug-likeness (QED) is 0.845. The summed E-state index contributed by atoms with van der Waals surface area (Å²) in [6.45, 7) is 2.94. The fraction of sp³-hybridized carbons (Fsp3) is 0.368. The van der Waals surface area contributed by atoms with Crippen LogP contribution in [0.25, 0.3) is 0 Å². The molecule has 1 fully saturated rings. The number of hydrogen-bond acceptors (Lipinski definition) is 3. The molecule has 26 heavy (non-hydrogen) atoms. The van der Waals surface area contributed by atoms with Crippen molar-refractivity contribution in [3.63, 3.8) is 0 Å². The van der Waals surface area contributed by atoms with Crippen LogP contribution in [-0.4, -0.2) is 42.1 Å². The van der Waals surface area contributed by atoms with Crippen LogP contribution in [0.1, 0.15) is 23.6 Å². The number of nitrogens with one attached hydrogen (secondary N) is 1. The van der Waals surface area contributed by atoms with Crippen molar-refractivity contribution in [3.8, 4) is 0 Å². The molecule has 4 rings (SSSR count). The van der Waals surface area contributed by atoms with Gasteiger partial charge in [-0.25, -0.2) is 9.78 Å². The van der Waals surface area contributed by atoms with Gasteiger partial charge in [-0.05, 0) is 42.2 Å². The second-order valence-corrected chi connectivity index (χ2v) is 7.42. The lowest BCUT2D eigenvalue weighted by Crippen LogP contribution is -2.52. The average Bonchev–Trinajstić information content (AvgIpc) is 3.09. The third-order valence-electron chi connectivity index (χ3n) is 5.13. The molecule has 1 N–H and O–H groups in total. The Hall–Kier alpha value is -1.98. The third-order valence-corrected chi connectivity index (χ3v) is 5.97. The van der Waals surface area contributed by atoms with Crippen molar-refractivity contribution < 1.29 is 4.79 Å². The lowest BCUT2D eigenvalue weighted by atomic mass is 10.1. The maximum absolute atomic E-state index is 12.7. The lowest BCUT2D eigenvalue weighted by molar-refractivity contribution is 0.190. The van der Waals surface area contributed by atoms with Gasteiger partial charge in [0.15, 0.2) is 0 Å². The van der Waals surface area contributed by atoms with Crippen molar-refractivity contribution in [1.82, 2.24) is 15.2 Å². The van der Waals surface area contributed by atoms with Crippen molar-refractivity contribution in [2.45, 2.75) is 18.9 Å². The molecule has 7 heteroatoms. The summed E-state index contributed by atoms with van der Waals surface area (Å²) in [5.41, 5.74) is 2.14. The summed E-state index contributed by atoms with van der Waals surface area (Å²) in [4.78, 5) is 21.1. The zero-order valence-electron chi connectivity index (χ0n) is 14.3. The van der Waals surface area contributed by atoms with Crippen molar-refractivity contribution >= 4 is 35.1 Å². The van der Waals surface area contributed by atoms with Crippen LogP contribution in [0.2, 0.25) is 10.0 Å². The van der Waals surface area contributed by atoms with E-state index < -0.39 is 0 Å². The first-order valence-corrected chi connectivity index (χ1v) is 9.57. The number of aromatic nitrogens is 1. The van der Waals surface area contributed by atoms with E-state index >= 15 is 0 Å². The molecule has 0 radical (unpaired) electrons. The predicted molar refractivity (Wildman–Crippen MR) is 104 cm³/mol. The Morgan fingerprint density at radius 1 is 1.12 bits per heavy atom. The molecule has 1 saturated heterocycles. The minimum Gasteiger partial charge on any atom is -0.353 e. The molecule has 1 aliphatic carbocycles. The molecule has 136 valence electrons. The standard InChI is InChI=1S/C19H20Cl2N4O/c20-15-6-4-13-14(18(15)21)5-7-16(13)23-19(26)25-11-9-24(10-12-25)17-3-1-2-8-22-17/h1-4,6,8,16H,5,7,9-12H2,(H,23,26). The van der Waals surface area contributed by atoms with Gasteiger partial charge in [-0.3, -0.25) is 0 Å². The molecule has 1 unspecified atom stereocenters. The number of amides is 2. The minimum atomic E-state index is -0.0189. The number of anilines is 1. The van der Waals surface area contributed by atoms with Gasteiger partial charge < -0.3 is 15.1 Å². The molecule has 1 atom stereocenters. The predicted octanol–water partition coefficient (Wildman–Crippen LogP) is 3.91. The van der Waals surface area contributed by atoms with Gasteiger partial charge in [-0.1, -0.05) is 35.3 Å². The SMILES string of the molecule is O=C(NC1CCc2c1ccc(Cl)c2Cl)N1CCN(c2ccccn2)CC1. The Morgan fingerprint density at radius 2 is 1.92 bits per heavy atom. The molecule has 1 aromatic heterocycles. The van der Waals surface area contributed by atoms with Crippen LogP contribution in [0.4, 0.5) is 10.6 Å². The van der Waals surface area contributed by atoms with E-state index in [2.05, 4.69) is 15.2 Å². The highest BCUT2D eigenvalue weighted by Gasteiger charge is 2.29. The van der Waals surface area contributed by atoms with Gasteiger partial charge in [0.1, 0.15) is 5.82 Å². The number of benzene rings is 1. The van der Waals surface area contributed by atoms with Crippen LogP contribution in [-0.2, 0) is 6.42 Å². The van der Waals surface area contributed by atoms with Gasteiger partial charge in [0.2, 0.25) is 0 Å². The Balaban J connectivity index is 1.37. The topological polar surface area (TPSA) is 48.5 Å². The first kappa shape index (κ1) is 17.4. The molecule has 0 bridgehead atoms. The minimum absolute atomic E-state index is 0.00101. The second-order valence-electron chi connectivity index (χ2n) is 6.63. The Morgan fingerprint density at radius 3 is 2.65 bits per heavy atom. The van der Waals surface area contributed by atoms with E-state index in [0.29, 0.717) is 23.1 Å². The summed E-state index contributed by atoms with van der Waals surface area (Å²) >= 11 is 12.4. The molecule has 2 heterocycles. The first-order valence-electron chi connectivity index (χ1n) is 8.81. The highest BCUT2D eigenvalue weighted by atomic mass is 35.5.